The molecule has 2 rings (SSSR count). The third-order valence-electron chi connectivity index (χ3n) is 3.68. The van der Waals surface area contributed by atoms with Crippen molar-refractivity contribution >= 4 is 0 Å². The number of rotatable bonds is 8. The van der Waals surface area contributed by atoms with Gasteiger partial charge in [-0.05, 0) is 55.8 Å². The maximum absolute atomic E-state index is 5.93. The SMILES string of the molecule is C=CCCCOc1cccc2c1CCC2NCCC. The van der Waals surface area contributed by atoms with Gasteiger partial charge in [-0.3, -0.25) is 0 Å². The molecule has 1 unspecified atom stereocenters. The van der Waals surface area contributed by atoms with Crippen LogP contribution in [0.3, 0.4) is 0 Å². The molecule has 104 valence electrons. The summed E-state index contributed by atoms with van der Waals surface area (Å²) in [5.41, 5.74) is 2.85. The number of nitrogens with one attached hydrogen (secondary N) is 1. The molecule has 2 heteroatoms. The van der Waals surface area contributed by atoms with E-state index in [1.165, 1.54) is 24.0 Å². The third-order valence-corrected chi connectivity index (χ3v) is 3.68. The summed E-state index contributed by atoms with van der Waals surface area (Å²) in [5.74, 6) is 1.09. The van der Waals surface area contributed by atoms with Gasteiger partial charge in [0.25, 0.3) is 0 Å². The van der Waals surface area contributed by atoms with E-state index in [0.717, 1.165) is 38.2 Å². The zero-order chi connectivity index (χ0) is 13.5. The molecule has 0 spiro atoms. The number of ether oxygens (including phenoxy) is 1. The van der Waals surface area contributed by atoms with Crippen molar-refractivity contribution in [2.24, 2.45) is 0 Å². The molecular formula is C17H25NO. The van der Waals surface area contributed by atoms with Crippen LogP contribution in [0.15, 0.2) is 30.9 Å². The number of hydrogen-bond donors (Lipinski definition) is 1. The first-order chi connectivity index (χ1) is 9.36. The van der Waals surface area contributed by atoms with Crippen molar-refractivity contribution in [1.82, 2.24) is 5.32 Å². The first-order valence-corrected chi connectivity index (χ1v) is 7.45. The maximum Gasteiger partial charge on any atom is 0.122 e. The second kappa shape index (κ2) is 7.34. The molecule has 19 heavy (non-hydrogen) atoms. The van der Waals surface area contributed by atoms with Gasteiger partial charge in [0, 0.05) is 6.04 Å². The Hall–Kier alpha value is -1.28. The largest absolute Gasteiger partial charge is 0.493 e. The van der Waals surface area contributed by atoms with Crippen LogP contribution in [0.4, 0.5) is 0 Å². The molecule has 1 N–H and O–H groups in total. The maximum atomic E-state index is 5.93. The van der Waals surface area contributed by atoms with E-state index in [9.17, 15) is 0 Å². The van der Waals surface area contributed by atoms with Gasteiger partial charge in [-0.2, -0.15) is 0 Å². The van der Waals surface area contributed by atoms with Gasteiger partial charge >= 0.3 is 0 Å². The molecule has 0 saturated carbocycles. The Labute approximate surface area is 116 Å². The van der Waals surface area contributed by atoms with Crippen molar-refractivity contribution in [3.8, 4) is 5.75 Å². The van der Waals surface area contributed by atoms with E-state index in [1.807, 2.05) is 6.08 Å². The van der Waals surface area contributed by atoms with E-state index in [0.29, 0.717) is 6.04 Å². The third kappa shape index (κ3) is 3.60. The lowest BCUT2D eigenvalue weighted by Gasteiger charge is -2.14. The van der Waals surface area contributed by atoms with Gasteiger partial charge in [0.05, 0.1) is 6.61 Å². The Balaban J connectivity index is 1.99. The van der Waals surface area contributed by atoms with Crippen LogP contribution in [-0.2, 0) is 6.42 Å². The fourth-order valence-corrected chi connectivity index (χ4v) is 2.70. The molecule has 0 radical (unpaired) electrons. The summed E-state index contributed by atoms with van der Waals surface area (Å²) in [5, 5.41) is 3.62. The molecule has 0 saturated heterocycles. The normalized spacial score (nSPS) is 17.2. The molecule has 2 nitrogen and oxygen atoms in total. The molecule has 1 aromatic rings. The zero-order valence-electron chi connectivity index (χ0n) is 12.0. The number of hydrogen-bond acceptors (Lipinski definition) is 2. The van der Waals surface area contributed by atoms with E-state index in [2.05, 4.69) is 37.0 Å². The summed E-state index contributed by atoms with van der Waals surface area (Å²) < 4.78 is 5.93. The molecular weight excluding hydrogens is 234 g/mol. The minimum atomic E-state index is 0.520. The van der Waals surface area contributed by atoms with Gasteiger partial charge in [-0.1, -0.05) is 25.1 Å². The van der Waals surface area contributed by atoms with Crippen LogP contribution < -0.4 is 10.1 Å². The minimum Gasteiger partial charge on any atom is -0.493 e. The van der Waals surface area contributed by atoms with Crippen LogP contribution in [-0.4, -0.2) is 13.2 Å². The first-order valence-electron chi connectivity index (χ1n) is 7.45. The molecule has 1 aliphatic rings. The van der Waals surface area contributed by atoms with Crippen LogP contribution in [0.1, 0.15) is 49.8 Å². The van der Waals surface area contributed by atoms with Crippen LogP contribution in [0.2, 0.25) is 0 Å². The van der Waals surface area contributed by atoms with Gasteiger partial charge in [0.1, 0.15) is 5.75 Å². The molecule has 1 aliphatic carbocycles. The van der Waals surface area contributed by atoms with Crippen molar-refractivity contribution in [2.45, 2.75) is 45.1 Å². The highest BCUT2D eigenvalue weighted by atomic mass is 16.5. The molecule has 0 aliphatic heterocycles. The predicted octanol–water partition coefficient (Wildman–Crippen LogP) is 4.02. The van der Waals surface area contributed by atoms with Gasteiger partial charge in [-0.25, -0.2) is 0 Å². The summed E-state index contributed by atoms with van der Waals surface area (Å²) in [4.78, 5) is 0. The Bertz CT molecular complexity index is 414. The molecule has 0 amide bonds. The van der Waals surface area contributed by atoms with Crippen LogP contribution in [0.25, 0.3) is 0 Å². The van der Waals surface area contributed by atoms with E-state index in [-0.39, 0.29) is 0 Å². The Kier molecular flexibility index (Phi) is 5.46. The zero-order valence-corrected chi connectivity index (χ0v) is 12.0. The topological polar surface area (TPSA) is 21.3 Å². The summed E-state index contributed by atoms with van der Waals surface area (Å²) in [6.07, 6.45) is 7.53. The Morgan fingerprint density at radius 1 is 1.47 bits per heavy atom. The molecule has 0 heterocycles. The van der Waals surface area contributed by atoms with E-state index in [4.69, 9.17) is 4.74 Å². The molecule has 1 atom stereocenters. The highest BCUT2D eigenvalue weighted by Gasteiger charge is 2.24. The monoisotopic (exact) mass is 259 g/mol. The van der Waals surface area contributed by atoms with E-state index < -0.39 is 0 Å². The summed E-state index contributed by atoms with van der Waals surface area (Å²) in [7, 11) is 0. The average molecular weight is 259 g/mol. The van der Waals surface area contributed by atoms with Crippen LogP contribution in [0, 0.1) is 0 Å². The fourth-order valence-electron chi connectivity index (χ4n) is 2.70. The minimum absolute atomic E-state index is 0.520. The standard InChI is InChI=1S/C17H25NO/c1-3-5-6-13-19-17-9-7-8-14-15(17)10-11-16(14)18-12-4-2/h3,7-9,16,18H,1,4-6,10-13H2,2H3. The molecule has 1 aromatic carbocycles. The highest BCUT2D eigenvalue weighted by molar-refractivity contribution is 5.45. The van der Waals surface area contributed by atoms with Crippen molar-refractivity contribution in [2.75, 3.05) is 13.2 Å². The molecule has 0 bridgehead atoms. The molecule has 0 fully saturated rings. The first kappa shape index (κ1) is 14.1. The van der Waals surface area contributed by atoms with Crippen molar-refractivity contribution in [3.05, 3.63) is 42.0 Å². The Morgan fingerprint density at radius 3 is 3.16 bits per heavy atom. The van der Waals surface area contributed by atoms with Crippen molar-refractivity contribution in [3.63, 3.8) is 0 Å². The molecule has 0 aromatic heterocycles. The van der Waals surface area contributed by atoms with Gasteiger partial charge < -0.3 is 10.1 Å². The van der Waals surface area contributed by atoms with E-state index >= 15 is 0 Å². The lowest BCUT2D eigenvalue weighted by molar-refractivity contribution is 0.309. The smallest absolute Gasteiger partial charge is 0.122 e. The summed E-state index contributed by atoms with van der Waals surface area (Å²) in [6.45, 7) is 7.83. The number of fused-ring (bicyclic) bond motifs is 1. The lowest BCUT2D eigenvalue weighted by atomic mass is 10.1. The van der Waals surface area contributed by atoms with Crippen molar-refractivity contribution in [1.29, 1.82) is 0 Å². The van der Waals surface area contributed by atoms with Crippen molar-refractivity contribution < 1.29 is 4.74 Å². The second-order valence-electron chi connectivity index (χ2n) is 5.15. The van der Waals surface area contributed by atoms with Gasteiger partial charge in [-0.15, -0.1) is 6.58 Å². The van der Waals surface area contributed by atoms with Gasteiger partial charge in [0.15, 0.2) is 0 Å². The average Bonchev–Trinajstić information content (AvgIpc) is 2.85. The Morgan fingerprint density at radius 2 is 2.37 bits per heavy atom. The summed E-state index contributed by atoms with van der Waals surface area (Å²) >= 11 is 0. The highest BCUT2D eigenvalue weighted by Crippen LogP contribution is 2.36. The van der Waals surface area contributed by atoms with Crippen LogP contribution in [0.5, 0.6) is 5.75 Å². The lowest BCUT2D eigenvalue weighted by Crippen LogP contribution is -2.19. The number of allylic oxidation sites excluding steroid dienone is 1. The van der Waals surface area contributed by atoms with Gasteiger partial charge in [0.2, 0.25) is 0 Å². The quantitative estimate of drug-likeness (QED) is 0.562. The summed E-state index contributed by atoms with van der Waals surface area (Å²) in [6, 6.07) is 6.99. The van der Waals surface area contributed by atoms with Crippen LogP contribution >= 0.6 is 0 Å². The van der Waals surface area contributed by atoms with E-state index in [1.54, 1.807) is 0 Å². The number of benzene rings is 1. The number of unbranched alkanes of at least 4 members (excludes halogenated alkanes) is 1. The second-order valence-corrected chi connectivity index (χ2v) is 5.15. The predicted molar refractivity (Wildman–Crippen MR) is 80.7 cm³/mol. The fraction of sp³-hybridized carbons (Fsp3) is 0.529.